The molecule has 0 bridgehead atoms. The second kappa shape index (κ2) is 7.18. The molecule has 1 aromatic rings. The van der Waals surface area contributed by atoms with E-state index in [1.54, 1.807) is 4.90 Å². The van der Waals surface area contributed by atoms with Crippen molar-refractivity contribution >= 4 is 5.69 Å². The summed E-state index contributed by atoms with van der Waals surface area (Å²) in [6, 6.07) is 2.80. The second-order valence-electron chi connectivity index (χ2n) is 6.15. The fourth-order valence-electron chi connectivity index (χ4n) is 2.62. The van der Waals surface area contributed by atoms with Gasteiger partial charge in [-0.05, 0) is 43.0 Å². The van der Waals surface area contributed by atoms with E-state index >= 15 is 0 Å². The lowest BCUT2D eigenvalue weighted by atomic mass is 10.1. The highest BCUT2D eigenvalue weighted by Crippen LogP contribution is 2.27. The number of anilines is 1. The number of aliphatic hydroxyl groups is 1. The van der Waals surface area contributed by atoms with E-state index in [1.165, 1.54) is 12.1 Å². The third kappa shape index (κ3) is 4.38. The summed E-state index contributed by atoms with van der Waals surface area (Å²) in [6.07, 6.45) is 0.750. The van der Waals surface area contributed by atoms with Crippen LogP contribution in [-0.2, 0) is 6.54 Å². The molecule has 21 heavy (non-hydrogen) atoms. The first-order chi connectivity index (χ1) is 9.97. The van der Waals surface area contributed by atoms with Gasteiger partial charge in [-0.25, -0.2) is 8.78 Å². The Hall–Kier alpha value is -1.20. The summed E-state index contributed by atoms with van der Waals surface area (Å²) >= 11 is 0. The van der Waals surface area contributed by atoms with Crippen LogP contribution in [0.1, 0.15) is 32.3 Å². The molecule has 2 N–H and O–H groups in total. The number of nitrogens with zero attached hydrogens (tertiary/aromatic N) is 1. The van der Waals surface area contributed by atoms with Gasteiger partial charge in [-0.1, -0.05) is 13.8 Å². The Morgan fingerprint density at radius 1 is 1.24 bits per heavy atom. The summed E-state index contributed by atoms with van der Waals surface area (Å²) in [5.41, 5.74) is 0.654. The van der Waals surface area contributed by atoms with Crippen LogP contribution < -0.4 is 10.2 Å². The van der Waals surface area contributed by atoms with E-state index in [4.69, 9.17) is 0 Å². The van der Waals surface area contributed by atoms with Crippen molar-refractivity contribution in [2.45, 2.75) is 39.3 Å². The van der Waals surface area contributed by atoms with E-state index in [0.29, 0.717) is 44.0 Å². The highest BCUT2D eigenvalue weighted by Gasteiger charge is 2.23. The maximum atomic E-state index is 14.2. The van der Waals surface area contributed by atoms with Crippen molar-refractivity contribution in [1.82, 2.24) is 5.32 Å². The lowest BCUT2D eigenvalue weighted by Gasteiger charge is -2.32. The van der Waals surface area contributed by atoms with Crippen LogP contribution in [0.15, 0.2) is 12.1 Å². The van der Waals surface area contributed by atoms with Crippen LogP contribution in [-0.4, -0.2) is 30.8 Å². The van der Waals surface area contributed by atoms with E-state index in [-0.39, 0.29) is 11.8 Å². The van der Waals surface area contributed by atoms with Gasteiger partial charge in [0, 0.05) is 19.6 Å². The minimum Gasteiger partial charge on any atom is -0.393 e. The first kappa shape index (κ1) is 16.2. The topological polar surface area (TPSA) is 35.5 Å². The molecule has 0 spiro atoms. The molecule has 1 aliphatic heterocycles. The largest absolute Gasteiger partial charge is 0.393 e. The molecule has 1 fully saturated rings. The predicted molar refractivity (Wildman–Crippen MR) is 80.4 cm³/mol. The zero-order valence-electron chi connectivity index (χ0n) is 12.7. The van der Waals surface area contributed by atoms with Crippen LogP contribution in [0.4, 0.5) is 14.5 Å². The van der Waals surface area contributed by atoms with Gasteiger partial charge in [-0.15, -0.1) is 0 Å². The smallest absolute Gasteiger partial charge is 0.149 e. The van der Waals surface area contributed by atoms with Crippen molar-refractivity contribution in [2.24, 2.45) is 5.92 Å². The van der Waals surface area contributed by atoms with Crippen LogP contribution in [0.3, 0.4) is 0 Å². The molecule has 2 rings (SSSR count). The van der Waals surface area contributed by atoms with Crippen LogP contribution in [0.25, 0.3) is 0 Å². The summed E-state index contributed by atoms with van der Waals surface area (Å²) in [4.78, 5) is 1.68. The lowest BCUT2D eigenvalue weighted by Crippen LogP contribution is -2.37. The summed E-state index contributed by atoms with van der Waals surface area (Å²) in [6.45, 7) is 6.42. The Kier molecular flexibility index (Phi) is 5.53. The zero-order chi connectivity index (χ0) is 15.4. The maximum absolute atomic E-state index is 14.2. The molecule has 1 aliphatic rings. The SMILES string of the molecule is CC(C)CNCc1cc(F)c(N2CCC(O)CC2)c(F)c1. The Morgan fingerprint density at radius 2 is 1.81 bits per heavy atom. The van der Waals surface area contributed by atoms with Crippen LogP contribution >= 0.6 is 0 Å². The third-order valence-electron chi connectivity index (χ3n) is 3.74. The van der Waals surface area contributed by atoms with Gasteiger partial charge in [0.25, 0.3) is 0 Å². The molecule has 5 heteroatoms. The number of hydrogen-bond donors (Lipinski definition) is 2. The van der Waals surface area contributed by atoms with Crippen molar-refractivity contribution in [3.63, 3.8) is 0 Å². The fourth-order valence-corrected chi connectivity index (χ4v) is 2.62. The van der Waals surface area contributed by atoms with E-state index in [1.807, 2.05) is 0 Å². The molecule has 0 saturated carbocycles. The highest BCUT2D eigenvalue weighted by atomic mass is 19.1. The Labute approximate surface area is 125 Å². The van der Waals surface area contributed by atoms with E-state index in [0.717, 1.165) is 6.54 Å². The van der Waals surface area contributed by atoms with Crippen molar-refractivity contribution < 1.29 is 13.9 Å². The fraction of sp³-hybridized carbons (Fsp3) is 0.625. The molecule has 0 atom stereocenters. The molecule has 0 radical (unpaired) electrons. The van der Waals surface area contributed by atoms with Crippen LogP contribution in [0, 0.1) is 17.6 Å². The quantitative estimate of drug-likeness (QED) is 0.877. The minimum absolute atomic E-state index is 0.0366. The lowest BCUT2D eigenvalue weighted by molar-refractivity contribution is 0.145. The Morgan fingerprint density at radius 3 is 2.33 bits per heavy atom. The average molecular weight is 298 g/mol. The number of halogens is 2. The van der Waals surface area contributed by atoms with Gasteiger partial charge in [-0.2, -0.15) is 0 Å². The number of aliphatic hydroxyl groups excluding tert-OH is 1. The zero-order valence-corrected chi connectivity index (χ0v) is 12.7. The molecule has 1 saturated heterocycles. The molecule has 118 valence electrons. The maximum Gasteiger partial charge on any atom is 0.149 e. The van der Waals surface area contributed by atoms with E-state index in [2.05, 4.69) is 19.2 Å². The molecule has 0 amide bonds. The molecule has 1 aromatic carbocycles. The normalized spacial score (nSPS) is 16.8. The van der Waals surface area contributed by atoms with Crippen molar-refractivity contribution in [3.8, 4) is 0 Å². The standard InChI is InChI=1S/C16H24F2N2O/c1-11(2)9-19-10-12-7-14(17)16(15(18)8-12)20-5-3-13(21)4-6-20/h7-8,11,13,19,21H,3-6,9-10H2,1-2H3. The molecular formula is C16H24F2N2O. The van der Waals surface area contributed by atoms with Gasteiger partial charge < -0.3 is 15.3 Å². The van der Waals surface area contributed by atoms with Gasteiger partial charge in [0.1, 0.15) is 17.3 Å². The summed E-state index contributed by atoms with van der Waals surface area (Å²) in [7, 11) is 0. The highest BCUT2D eigenvalue weighted by molar-refractivity contribution is 5.51. The predicted octanol–water partition coefficient (Wildman–Crippen LogP) is 2.67. The minimum atomic E-state index is -0.521. The van der Waals surface area contributed by atoms with E-state index in [9.17, 15) is 13.9 Å². The third-order valence-corrected chi connectivity index (χ3v) is 3.74. The first-order valence-corrected chi connectivity index (χ1v) is 7.59. The molecule has 0 unspecified atom stereocenters. The molecule has 1 heterocycles. The van der Waals surface area contributed by atoms with Crippen molar-refractivity contribution in [1.29, 1.82) is 0 Å². The van der Waals surface area contributed by atoms with Gasteiger partial charge in [0.2, 0.25) is 0 Å². The molecular weight excluding hydrogens is 274 g/mol. The number of piperidine rings is 1. The van der Waals surface area contributed by atoms with Crippen molar-refractivity contribution in [2.75, 3.05) is 24.5 Å². The monoisotopic (exact) mass is 298 g/mol. The number of benzene rings is 1. The van der Waals surface area contributed by atoms with Gasteiger partial charge in [-0.3, -0.25) is 0 Å². The number of nitrogens with one attached hydrogen (secondary N) is 1. The van der Waals surface area contributed by atoms with E-state index < -0.39 is 11.6 Å². The number of rotatable bonds is 5. The van der Waals surface area contributed by atoms with Gasteiger partial charge >= 0.3 is 0 Å². The first-order valence-electron chi connectivity index (χ1n) is 7.59. The molecule has 0 aliphatic carbocycles. The summed E-state index contributed by atoms with van der Waals surface area (Å²) in [5.74, 6) is -0.542. The molecule has 0 aromatic heterocycles. The van der Waals surface area contributed by atoms with Gasteiger partial charge in [0.15, 0.2) is 0 Å². The second-order valence-corrected chi connectivity index (χ2v) is 6.15. The number of hydrogen-bond acceptors (Lipinski definition) is 3. The van der Waals surface area contributed by atoms with Crippen LogP contribution in [0.5, 0.6) is 0 Å². The Bertz CT molecular complexity index is 448. The van der Waals surface area contributed by atoms with Crippen molar-refractivity contribution in [3.05, 3.63) is 29.3 Å². The molecule has 3 nitrogen and oxygen atoms in total. The van der Waals surface area contributed by atoms with Crippen LogP contribution in [0.2, 0.25) is 0 Å². The van der Waals surface area contributed by atoms with Gasteiger partial charge in [0.05, 0.1) is 6.10 Å². The Balaban J connectivity index is 2.06. The average Bonchev–Trinajstić information content (AvgIpc) is 2.40. The summed E-state index contributed by atoms with van der Waals surface area (Å²) < 4.78 is 28.4. The summed E-state index contributed by atoms with van der Waals surface area (Å²) in [5, 5.41) is 12.7.